The topological polar surface area (TPSA) is 38.9 Å². The van der Waals surface area contributed by atoms with Crippen molar-refractivity contribution < 1.29 is 4.42 Å². The lowest BCUT2D eigenvalue weighted by Gasteiger charge is -2.12. The lowest BCUT2D eigenvalue weighted by atomic mass is 9.94. The van der Waals surface area contributed by atoms with Gasteiger partial charge in [-0.05, 0) is 41.3 Å². The Bertz CT molecular complexity index is 1300. The number of pyridine rings is 2. The molecule has 0 unspecified atom stereocenters. The standard InChI is InChI=1S/C25H20N2O/c1-16(2)17-7-3-8-18(15-17)19-11-5-13-26-23(19)22-10-4-9-20-21-12-6-14-27-25(21)28-24(20)22/h3-16H,1-2H3. The van der Waals surface area contributed by atoms with E-state index in [1.165, 1.54) is 11.1 Å². The van der Waals surface area contributed by atoms with Crippen LogP contribution in [0.5, 0.6) is 0 Å². The number of hydrogen-bond acceptors (Lipinski definition) is 3. The van der Waals surface area contributed by atoms with E-state index in [9.17, 15) is 0 Å². The fourth-order valence-corrected chi connectivity index (χ4v) is 3.74. The smallest absolute Gasteiger partial charge is 0.227 e. The first-order valence-corrected chi connectivity index (χ1v) is 9.54. The van der Waals surface area contributed by atoms with Crippen molar-refractivity contribution in [1.29, 1.82) is 0 Å². The number of nitrogens with zero attached hydrogens (tertiary/aromatic N) is 2. The van der Waals surface area contributed by atoms with E-state index < -0.39 is 0 Å². The molecule has 3 nitrogen and oxygen atoms in total. The monoisotopic (exact) mass is 364 g/mol. The molecule has 28 heavy (non-hydrogen) atoms. The summed E-state index contributed by atoms with van der Waals surface area (Å²) < 4.78 is 6.14. The van der Waals surface area contributed by atoms with Gasteiger partial charge in [-0.3, -0.25) is 4.98 Å². The van der Waals surface area contributed by atoms with E-state index in [0.717, 1.165) is 33.2 Å². The minimum absolute atomic E-state index is 0.477. The van der Waals surface area contributed by atoms with Crippen molar-refractivity contribution in [2.75, 3.05) is 0 Å². The zero-order valence-corrected chi connectivity index (χ0v) is 15.9. The zero-order chi connectivity index (χ0) is 19.1. The number of para-hydroxylation sites is 1. The van der Waals surface area contributed by atoms with Crippen LogP contribution in [0.2, 0.25) is 0 Å². The molecule has 0 aliphatic heterocycles. The number of fused-ring (bicyclic) bond motifs is 3. The quantitative estimate of drug-likeness (QED) is 0.352. The van der Waals surface area contributed by atoms with Crippen LogP contribution in [-0.4, -0.2) is 9.97 Å². The Morgan fingerprint density at radius 2 is 1.50 bits per heavy atom. The van der Waals surface area contributed by atoms with E-state index in [2.05, 4.69) is 67.4 Å². The molecule has 0 aliphatic rings. The van der Waals surface area contributed by atoms with Gasteiger partial charge in [-0.2, -0.15) is 0 Å². The van der Waals surface area contributed by atoms with Crippen LogP contribution in [0.15, 0.2) is 83.5 Å². The Morgan fingerprint density at radius 1 is 0.750 bits per heavy atom. The molecule has 2 aromatic carbocycles. The van der Waals surface area contributed by atoms with Crippen LogP contribution in [0.25, 0.3) is 44.5 Å². The summed E-state index contributed by atoms with van der Waals surface area (Å²) in [6.07, 6.45) is 3.60. The Balaban J connectivity index is 1.77. The summed E-state index contributed by atoms with van der Waals surface area (Å²) in [6, 6.07) is 23.0. The molecule has 0 radical (unpaired) electrons. The van der Waals surface area contributed by atoms with Gasteiger partial charge in [0, 0.05) is 34.3 Å². The zero-order valence-electron chi connectivity index (χ0n) is 15.9. The predicted molar refractivity (Wildman–Crippen MR) is 114 cm³/mol. The van der Waals surface area contributed by atoms with Crippen molar-refractivity contribution in [3.05, 3.63) is 84.7 Å². The van der Waals surface area contributed by atoms with E-state index in [0.29, 0.717) is 11.6 Å². The molecule has 0 N–H and O–H groups in total. The van der Waals surface area contributed by atoms with E-state index in [4.69, 9.17) is 9.40 Å². The summed E-state index contributed by atoms with van der Waals surface area (Å²) in [5, 5.41) is 2.09. The highest BCUT2D eigenvalue weighted by Gasteiger charge is 2.16. The molecule has 0 atom stereocenters. The van der Waals surface area contributed by atoms with Gasteiger partial charge in [0.05, 0.1) is 5.69 Å². The van der Waals surface area contributed by atoms with Crippen molar-refractivity contribution in [1.82, 2.24) is 9.97 Å². The third-order valence-corrected chi connectivity index (χ3v) is 5.20. The Kier molecular flexibility index (Phi) is 3.94. The summed E-state index contributed by atoms with van der Waals surface area (Å²) in [7, 11) is 0. The van der Waals surface area contributed by atoms with Crippen LogP contribution in [0.4, 0.5) is 0 Å². The van der Waals surface area contributed by atoms with Crippen LogP contribution in [-0.2, 0) is 0 Å². The minimum Gasteiger partial charge on any atom is -0.437 e. The van der Waals surface area contributed by atoms with Gasteiger partial charge in [0.25, 0.3) is 0 Å². The second-order valence-electron chi connectivity index (χ2n) is 7.32. The molecule has 0 spiro atoms. The summed E-state index contributed by atoms with van der Waals surface area (Å²) in [4.78, 5) is 9.12. The molecule has 0 amide bonds. The third-order valence-electron chi connectivity index (χ3n) is 5.20. The Morgan fingerprint density at radius 3 is 2.39 bits per heavy atom. The predicted octanol–water partition coefficient (Wildman–Crippen LogP) is 6.83. The van der Waals surface area contributed by atoms with Gasteiger partial charge in [-0.15, -0.1) is 0 Å². The van der Waals surface area contributed by atoms with Crippen molar-refractivity contribution >= 4 is 22.1 Å². The molecule has 3 heteroatoms. The molecule has 0 aliphatic carbocycles. The Hall–Kier alpha value is -3.46. The highest BCUT2D eigenvalue weighted by molar-refractivity contribution is 6.09. The van der Waals surface area contributed by atoms with Crippen LogP contribution in [0.3, 0.4) is 0 Å². The number of benzene rings is 2. The first-order chi connectivity index (χ1) is 13.7. The Labute approximate surface area is 163 Å². The number of aromatic nitrogens is 2. The van der Waals surface area contributed by atoms with Crippen LogP contribution >= 0.6 is 0 Å². The summed E-state index contributed by atoms with van der Waals surface area (Å²) in [6.45, 7) is 4.43. The first kappa shape index (κ1) is 16.7. The molecule has 3 aromatic heterocycles. The second kappa shape index (κ2) is 6.61. The minimum atomic E-state index is 0.477. The van der Waals surface area contributed by atoms with Gasteiger partial charge < -0.3 is 4.42 Å². The van der Waals surface area contributed by atoms with E-state index in [-0.39, 0.29) is 0 Å². The highest BCUT2D eigenvalue weighted by atomic mass is 16.3. The summed E-state index contributed by atoms with van der Waals surface area (Å²) in [5.74, 6) is 0.477. The normalized spacial score (nSPS) is 11.5. The second-order valence-corrected chi connectivity index (χ2v) is 7.32. The molecule has 0 fully saturated rings. The lowest BCUT2D eigenvalue weighted by Crippen LogP contribution is -1.92. The molecular formula is C25H20N2O. The van der Waals surface area contributed by atoms with Gasteiger partial charge in [0.1, 0.15) is 5.58 Å². The molecular weight excluding hydrogens is 344 g/mol. The third kappa shape index (κ3) is 2.67. The summed E-state index contributed by atoms with van der Waals surface area (Å²) in [5.41, 5.74) is 6.99. The highest BCUT2D eigenvalue weighted by Crippen LogP contribution is 2.38. The average molecular weight is 364 g/mol. The van der Waals surface area contributed by atoms with Crippen LogP contribution in [0, 0.1) is 0 Å². The number of hydrogen-bond donors (Lipinski definition) is 0. The first-order valence-electron chi connectivity index (χ1n) is 9.54. The van der Waals surface area contributed by atoms with Crippen molar-refractivity contribution in [3.8, 4) is 22.4 Å². The molecule has 5 aromatic rings. The lowest BCUT2D eigenvalue weighted by molar-refractivity contribution is 0.655. The van der Waals surface area contributed by atoms with Gasteiger partial charge >= 0.3 is 0 Å². The molecule has 3 heterocycles. The fraction of sp³-hybridized carbons (Fsp3) is 0.120. The van der Waals surface area contributed by atoms with Crippen molar-refractivity contribution in [2.24, 2.45) is 0 Å². The molecule has 5 rings (SSSR count). The SMILES string of the molecule is CC(C)c1cccc(-c2cccnc2-c2cccc3c2oc2ncccc23)c1. The maximum atomic E-state index is 6.14. The largest absolute Gasteiger partial charge is 0.437 e. The van der Waals surface area contributed by atoms with Crippen molar-refractivity contribution in [2.45, 2.75) is 19.8 Å². The van der Waals surface area contributed by atoms with Gasteiger partial charge in [0.15, 0.2) is 0 Å². The number of furan rings is 1. The van der Waals surface area contributed by atoms with Gasteiger partial charge in [0.2, 0.25) is 5.71 Å². The van der Waals surface area contributed by atoms with Crippen LogP contribution < -0.4 is 0 Å². The van der Waals surface area contributed by atoms with E-state index in [1.807, 2.05) is 24.4 Å². The van der Waals surface area contributed by atoms with E-state index in [1.54, 1.807) is 6.20 Å². The van der Waals surface area contributed by atoms with E-state index >= 15 is 0 Å². The van der Waals surface area contributed by atoms with Gasteiger partial charge in [-0.1, -0.05) is 56.3 Å². The maximum absolute atomic E-state index is 6.14. The molecule has 0 bridgehead atoms. The maximum Gasteiger partial charge on any atom is 0.227 e. The molecule has 0 saturated heterocycles. The van der Waals surface area contributed by atoms with Gasteiger partial charge in [-0.25, -0.2) is 4.98 Å². The summed E-state index contributed by atoms with van der Waals surface area (Å²) >= 11 is 0. The number of rotatable bonds is 3. The average Bonchev–Trinajstić information content (AvgIpc) is 3.13. The molecule has 136 valence electrons. The van der Waals surface area contributed by atoms with Crippen LogP contribution in [0.1, 0.15) is 25.3 Å². The van der Waals surface area contributed by atoms with Crippen molar-refractivity contribution in [3.63, 3.8) is 0 Å². The fourth-order valence-electron chi connectivity index (χ4n) is 3.74. The molecule has 0 saturated carbocycles.